The van der Waals surface area contributed by atoms with Crippen LogP contribution in [0.4, 0.5) is 11.4 Å². The van der Waals surface area contributed by atoms with E-state index in [4.69, 9.17) is 9.47 Å². The molecule has 30 heavy (non-hydrogen) atoms. The zero-order valence-corrected chi connectivity index (χ0v) is 17.9. The van der Waals surface area contributed by atoms with Gasteiger partial charge in [0.2, 0.25) is 5.91 Å². The van der Waals surface area contributed by atoms with Crippen LogP contribution in [0.1, 0.15) is 30.6 Å². The molecular weight excluding hydrogens is 382 g/mol. The molecule has 0 bridgehead atoms. The molecule has 2 amide bonds. The molecule has 0 atom stereocenters. The zero-order chi connectivity index (χ0) is 21.8. The maximum absolute atomic E-state index is 12.2. The van der Waals surface area contributed by atoms with Gasteiger partial charge < -0.3 is 25.4 Å². The van der Waals surface area contributed by atoms with E-state index in [2.05, 4.69) is 29.8 Å². The average molecular weight is 414 g/mol. The van der Waals surface area contributed by atoms with Gasteiger partial charge in [0.05, 0.1) is 19.8 Å². The quantitative estimate of drug-likeness (QED) is 0.463. The van der Waals surface area contributed by atoms with Gasteiger partial charge in [-0.05, 0) is 54.8 Å². The molecule has 0 saturated carbocycles. The highest BCUT2D eigenvalue weighted by atomic mass is 16.5. The minimum absolute atomic E-state index is 0.0847. The van der Waals surface area contributed by atoms with Crippen LogP contribution in [0.3, 0.4) is 0 Å². The van der Waals surface area contributed by atoms with Crippen LogP contribution in [0.15, 0.2) is 48.5 Å². The van der Waals surface area contributed by atoms with Crippen LogP contribution in [0, 0.1) is 5.92 Å². The van der Waals surface area contributed by atoms with E-state index >= 15 is 0 Å². The van der Waals surface area contributed by atoms with Gasteiger partial charge in [-0.3, -0.25) is 9.59 Å². The highest BCUT2D eigenvalue weighted by Crippen LogP contribution is 2.16. The molecule has 0 aliphatic rings. The van der Waals surface area contributed by atoms with Crippen LogP contribution in [-0.2, 0) is 9.53 Å². The lowest BCUT2D eigenvalue weighted by molar-refractivity contribution is -0.114. The van der Waals surface area contributed by atoms with E-state index in [1.165, 1.54) is 0 Å². The molecule has 0 aliphatic heterocycles. The van der Waals surface area contributed by atoms with Gasteiger partial charge >= 0.3 is 0 Å². The lowest BCUT2D eigenvalue weighted by Crippen LogP contribution is -2.27. The summed E-state index contributed by atoms with van der Waals surface area (Å²) < 4.78 is 10.6. The van der Waals surface area contributed by atoms with Crippen molar-refractivity contribution in [3.63, 3.8) is 0 Å². The summed E-state index contributed by atoms with van der Waals surface area (Å²) in [5.41, 5.74) is 1.91. The fourth-order valence-electron chi connectivity index (χ4n) is 2.57. The van der Waals surface area contributed by atoms with Crippen LogP contribution < -0.4 is 20.7 Å². The van der Waals surface area contributed by atoms with Crippen molar-refractivity contribution in [3.05, 3.63) is 54.1 Å². The highest BCUT2D eigenvalue weighted by Gasteiger charge is 2.07. The zero-order valence-electron chi connectivity index (χ0n) is 17.9. The van der Waals surface area contributed by atoms with E-state index in [-0.39, 0.29) is 18.4 Å². The summed E-state index contributed by atoms with van der Waals surface area (Å²) in [4.78, 5) is 24.3. The van der Waals surface area contributed by atoms with Gasteiger partial charge in [0.1, 0.15) is 5.75 Å². The van der Waals surface area contributed by atoms with Gasteiger partial charge in [-0.2, -0.15) is 0 Å². The number of ether oxygens (including phenoxy) is 2. The monoisotopic (exact) mass is 413 g/mol. The fourth-order valence-corrected chi connectivity index (χ4v) is 2.57. The second kappa shape index (κ2) is 12.5. The molecule has 0 saturated heterocycles. The van der Waals surface area contributed by atoms with Gasteiger partial charge in [0.25, 0.3) is 5.91 Å². The van der Waals surface area contributed by atoms with Crippen molar-refractivity contribution in [2.75, 3.05) is 44.0 Å². The van der Waals surface area contributed by atoms with Crippen molar-refractivity contribution in [1.29, 1.82) is 0 Å². The fraction of sp³-hybridized carbons (Fsp3) is 0.391. The maximum Gasteiger partial charge on any atom is 0.251 e. The van der Waals surface area contributed by atoms with Gasteiger partial charge in [-0.25, -0.2) is 0 Å². The third-order valence-corrected chi connectivity index (χ3v) is 4.27. The first kappa shape index (κ1) is 23.2. The van der Waals surface area contributed by atoms with Crippen molar-refractivity contribution in [2.24, 2.45) is 5.92 Å². The minimum atomic E-state index is -0.184. The Morgan fingerprint density at radius 2 is 1.77 bits per heavy atom. The number of carbonyl (C=O) groups is 2. The minimum Gasteiger partial charge on any atom is -0.494 e. The molecule has 162 valence electrons. The summed E-state index contributed by atoms with van der Waals surface area (Å²) >= 11 is 0. The van der Waals surface area contributed by atoms with E-state index in [9.17, 15) is 9.59 Å². The normalized spacial score (nSPS) is 10.5. The predicted octanol–water partition coefficient (Wildman–Crippen LogP) is 3.54. The van der Waals surface area contributed by atoms with Crippen molar-refractivity contribution in [3.8, 4) is 5.75 Å². The molecule has 7 nitrogen and oxygen atoms in total. The Labute approximate surface area is 178 Å². The third-order valence-electron chi connectivity index (χ3n) is 4.27. The van der Waals surface area contributed by atoms with Crippen LogP contribution in [0.2, 0.25) is 0 Å². The molecule has 2 rings (SSSR count). The SMILES string of the molecule is COCCNC(=O)c1cccc(NCC(=O)Nc2ccc(OCCC(C)C)cc2)c1. The summed E-state index contributed by atoms with van der Waals surface area (Å²) in [6.45, 7) is 5.97. The Morgan fingerprint density at radius 3 is 2.47 bits per heavy atom. The Balaban J connectivity index is 1.79. The van der Waals surface area contributed by atoms with Gasteiger partial charge in [0.15, 0.2) is 0 Å². The molecule has 0 fully saturated rings. The summed E-state index contributed by atoms with van der Waals surface area (Å²) in [5.74, 6) is 1.02. The molecular formula is C23H31N3O4. The number of carbonyl (C=O) groups excluding carboxylic acids is 2. The smallest absolute Gasteiger partial charge is 0.251 e. The topological polar surface area (TPSA) is 88.7 Å². The Hall–Kier alpha value is -3.06. The first-order valence-corrected chi connectivity index (χ1v) is 10.1. The number of benzene rings is 2. The Morgan fingerprint density at radius 1 is 1.00 bits per heavy atom. The van der Waals surface area contributed by atoms with E-state index in [0.29, 0.717) is 42.6 Å². The second-order valence-electron chi connectivity index (χ2n) is 7.29. The standard InChI is InChI=1S/C23H31N3O4/c1-17(2)11-13-30-21-9-7-19(8-10-21)26-22(27)16-25-20-6-4-5-18(15-20)23(28)24-12-14-29-3/h4-10,15,17,25H,11-14,16H2,1-3H3,(H,24,28)(H,26,27). The molecule has 0 aromatic heterocycles. The lowest BCUT2D eigenvalue weighted by Gasteiger charge is -2.11. The molecule has 0 unspecified atom stereocenters. The lowest BCUT2D eigenvalue weighted by atomic mass is 10.1. The number of anilines is 2. The van der Waals surface area contributed by atoms with Crippen LogP contribution >= 0.6 is 0 Å². The maximum atomic E-state index is 12.2. The van der Waals surface area contributed by atoms with E-state index < -0.39 is 0 Å². The molecule has 0 heterocycles. The highest BCUT2D eigenvalue weighted by molar-refractivity contribution is 5.96. The van der Waals surface area contributed by atoms with Crippen LogP contribution in [-0.4, -0.2) is 45.2 Å². The molecule has 2 aromatic rings. The predicted molar refractivity (Wildman–Crippen MR) is 119 cm³/mol. The molecule has 0 radical (unpaired) electrons. The largest absolute Gasteiger partial charge is 0.494 e. The summed E-state index contributed by atoms with van der Waals surface area (Å²) in [6, 6.07) is 14.3. The first-order valence-electron chi connectivity index (χ1n) is 10.1. The summed E-state index contributed by atoms with van der Waals surface area (Å²) in [6.07, 6.45) is 1.00. The van der Waals surface area contributed by atoms with Crippen molar-refractivity contribution in [1.82, 2.24) is 5.32 Å². The van der Waals surface area contributed by atoms with Gasteiger partial charge in [-0.15, -0.1) is 0 Å². The van der Waals surface area contributed by atoms with Crippen LogP contribution in [0.25, 0.3) is 0 Å². The number of amides is 2. The third kappa shape index (κ3) is 8.53. The van der Waals surface area contributed by atoms with Gasteiger partial charge in [0, 0.05) is 30.6 Å². The van der Waals surface area contributed by atoms with E-state index in [1.807, 2.05) is 30.3 Å². The Kier molecular flexibility index (Phi) is 9.67. The number of nitrogens with one attached hydrogen (secondary N) is 3. The number of hydrogen-bond acceptors (Lipinski definition) is 5. The molecule has 0 spiro atoms. The number of hydrogen-bond donors (Lipinski definition) is 3. The molecule has 2 aromatic carbocycles. The van der Waals surface area contributed by atoms with Crippen molar-refractivity contribution < 1.29 is 19.1 Å². The second-order valence-corrected chi connectivity index (χ2v) is 7.29. The Bertz CT molecular complexity index is 806. The number of rotatable bonds is 12. The average Bonchev–Trinajstić information content (AvgIpc) is 2.73. The van der Waals surface area contributed by atoms with E-state index in [0.717, 1.165) is 12.2 Å². The molecule has 7 heteroatoms. The van der Waals surface area contributed by atoms with E-state index in [1.54, 1.807) is 25.3 Å². The van der Waals surface area contributed by atoms with Crippen molar-refractivity contribution >= 4 is 23.2 Å². The van der Waals surface area contributed by atoms with Crippen LogP contribution in [0.5, 0.6) is 5.75 Å². The van der Waals surface area contributed by atoms with Gasteiger partial charge in [-0.1, -0.05) is 19.9 Å². The molecule has 0 aliphatic carbocycles. The summed E-state index contributed by atoms with van der Waals surface area (Å²) in [7, 11) is 1.58. The number of methoxy groups -OCH3 is 1. The summed E-state index contributed by atoms with van der Waals surface area (Å²) in [5, 5.41) is 8.64. The van der Waals surface area contributed by atoms with Crippen molar-refractivity contribution in [2.45, 2.75) is 20.3 Å². The molecule has 3 N–H and O–H groups in total. The first-order chi connectivity index (χ1) is 14.5.